The zero-order valence-electron chi connectivity index (χ0n) is 10.2. The summed E-state index contributed by atoms with van der Waals surface area (Å²) in [6, 6.07) is 5.14. The molecular weight excluding hydrogens is 204 g/mol. The molecule has 1 atom stereocenters. The van der Waals surface area contributed by atoms with Crippen LogP contribution < -0.4 is 5.32 Å². The van der Waals surface area contributed by atoms with Crippen molar-refractivity contribution in [2.45, 2.75) is 39.4 Å². The summed E-state index contributed by atoms with van der Waals surface area (Å²) in [4.78, 5) is 5.29. The molecule has 15 heavy (non-hydrogen) atoms. The molecule has 3 heteroatoms. The number of rotatable bonds is 6. The lowest BCUT2D eigenvalue weighted by molar-refractivity contribution is 0.246. The quantitative estimate of drug-likeness (QED) is 0.802. The minimum Gasteiger partial charge on any atom is -0.315 e. The molecule has 86 valence electrons. The van der Waals surface area contributed by atoms with Gasteiger partial charge in [0.15, 0.2) is 0 Å². The molecule has 0 aliphatic rings. The highest BCUT2D eigenvalue weighted by Crippen LogP contribution is 2.18. The van der Waals surface area contributed by atoms with Gasteiger partial charge in [-0.15, -0.1) is 11.3 Å². The van der Waals surface area contributed by atoms with E-state index in [0.717, 1.165) is 13.1 Å². The van der Waals surface area contributed by atoms with Gasteiger partial charge in [0.25, 0.3) is 0 Å². The number of nitrogens with zero attached hydrogens (tertiary/aromatic N) is 1. The molecule has 0 spiro atoms. The average Bonchev–Trinajstić information content (AvgIpc) is 2.65. The molecule has 1 unspecified atom stereocenters. The van der Waals surface area contributed by atoms with Crippen molar-refractivity contribution in [3.8, 4) is 0 Å². The first-order valence-electron chi connectivity index (χ1n) is 5.59. The zero-order chi connectivity index (χ0) is 11.3. The second kappa shape index (κ2) is 6.26. The Morgan fingerprint density at radius 2 is 2.07 bits per heavy atom. The average molecular weight is 226 g/mol. The Balaban J connectivity index is 2.49. The van der Waals surface area contributed by atoms with E-state index in [4.69, 9.17) is 0 Å². The molecule has 1 rings (SSSR count). The molecule has 1 aromatic rings. The molecule has 0 saturated carbocycles. The first-order chi connectivity index (χ1) is 7.17. The van der Waals surface area contributed by atoms with Crippen LogP contribution in [-0.4, -0.2) is 25.0 Å². The van der Waals surface area contributed by atoms with Gasteiger partial charge in [0.2, 0.25) is 0 Å². The van der Waals surface area contributed by atoms with Crippen LogP contribution in [0.5, 0.6) is 0 Å². The van der Waals surface area contributed by atoms with E-state index >= 15 is 0 Å². The van der Waals surface area contributed by atoms with Gasteiger partial charge in [0.1, 0.15) is 0 Å². The van der Waals surface area contributed by atoms with Crippen molar-refractivity contribution in [2.24, 2.45) is 0 Å². The Hall–Kier alpha value is -0.380. The predicted octanol–water partition coefficient (Wildman–Crippen LogP) is 2.70. The van der Waals surface area contributed by atoms with E-state index < -0.39 is 0 Å². The van der Waals surface area contributed by atoms with Crippen LogP contribution in [-0.2, 0) is 13.1 Å². The largest absolute Gasteiger partial charge is 0.315 e. The zero-order valence-corrected chi connectivity index (χ0v) is 11.0. The summed E-state index contributed by atoms with van der Waals surface area (Å²) >= 11 is 1.91. The Morgan fingerprint density at radius 1 is 1.40 bits per heavy atom. The first-order valence-corrected chi connectivity index (χ1v) is 6.41. The van der Waals surface area contributed by atoms with E-state index in [2.05, 4.69) is 43.2 Å². The van der Waals surface area contributed by atoms with Gasteiger partial charge in [-0.1, -0.05) is 6.92 Å². The molecule has 0 saturated heterocycles. The normalized spacial score (nSPS) is 13.4. The van der Waals surface area contributed by atoms with Gasteiger partial charge < -0.3 is 5.32 Å². The second-order valence-electron chi connectivity index (χ2n) is 4.07. The van der Waals surface area contributed by atoms with Crippen LogP contribution in [0, 0.1) is 0 Å². The molecule has 1 aromatic heterocycles. The Labute approximate surface area is 97.3 Å². The van der Waals surface area contributed by atoms with Crippen molar-refractivity contribution in [1.29, 1.82) is 0 Å². The summed E-state index contributed by atoms with van der Waals surface area (Å²) in [5.41, 5.74) is 0. The molecule has 1 heterocycles. The number of nitrogens with one attached hydrogen (secondary N) is 1. The van der Waals surface area contributed by atoms with Crippen molar-refractivity contribution in [1.82, 2.24) is 10.2 Å². The molecule has 0 radical (unpaired) electrons. The van der Waals surface area contributed by atoms with Crippen molar-refractivity contribution in [2.75, 3.05) is 14.1 Å². The fraction of sp³-hybridized carbons (Fsp3) is 0.667. The SMILES string of the molecule is CCC(C)N(C)Cc1ccc(CNC)s1. The maximum absolute atomic E-state index is 3.18. The molecule has 2 nitrogen and oxygen atoms in total. The summed E-state index contributed by atoms with van der Waals surface area (Å²) in [5, 5.41) is 3.18. The Morgan fingerprint density at radius 3 is 2.67 bits per heavy atom. The number of hydrogen-bond donors (Lipinski definition) is 1. The highest BCUT2D eigenvalue weighted by molar-refractivity contribution is 7.11. The number of thiophene rings is 1. The van der Waals surface area contributed by atoms with Crippen LogP contribution in [0.25, 0.3) is 0 Å². The smallest absolute Gasteiger partial charge is 0.0327 e. The Bertz CT molecular complexity index is 283. The topological polar surface area (TPSA) is 15.3 Å². The first kappa shape index (κ1) is 12.7. The minimum atomic E-state index is 0.667. The van der Waals surface area contributed by atoms with E-state index in [9.17, 15) is 0 Å². The highest BCUT2D eigenvalue weighted by atomic mass is 32.1. The van der Waals surface area contributed by atoms with E-state index in [-0.39, 0.29) is 0 Å². The monoisotopic (exact) mass is 226 g/mol. The minimum absolute atomic E-state index is 0.667. The number of hydrogen-bond acceptors (Lipinski definition) is 3. The summed E-state index contributed by atoms with van der Waals surface area (Å²) in [5.74, 6) is 0. The van der Waals surface area contributed by atoms with Gasteiger partial charge in [0.05, 0.1) is 0 Å². The third kappa shape index (κ3) is 3.93. The third-order valence-corrected chi connectivity index (χ3v) is 3.89. The van der Waals surface area contributed by atoms with Gasteiger partial charge in [-0.05, 0) is 39.6 Å². The molecule has 0 aliphatic heterocycles. The van der Waals surface area contributed by atoms with Gasteiger partial charge in [0, 0.05) is 28.9 Å². The summed E-state index contributed by atoms with van der Waals surface area (Å²) in [6.45, 7) is 6.57. The van der Waals surface area contributed by atoms with E-state index in [1.54, 1.807) is 0 Å². The van der Waals surface area contributed by atoms with Gasteiger partial charge in [-0.2, -0.15) is 0 Å². The van der Waals surface area contributed by atoms with Gasteiger partial charge >= 0.3 is 0 Å². The molecule has 0 aromatic carbocycles. The van der Waals surface area contributed by atoms with Crippen LogP contribution in [0.4, 0.5) is 0 Å². The van der Waals surface area contributed by atoms with Crippen molar-refractivity contribution >= 4 is 11.3 Å². The Kier molecular flexibility index (Phi) is 5.29. The van der Waals surface area contributed by atoms with Gasteiger partial charge in [-0.3, -0.25) is 4.90 Å². The lowest BCUT2D eigenvalue weighted by Crippen LogP contribution is -2.27. The lowest BCUT2D eigenvalue weighted by atomic mass is 10.2. The van der Waals surface area contributed by atoms with Crippen LogP contribution in [0.15, 0.2) is 12.1 Å². The molecular formula is C12H22N2S. The molecule has 0 fully saturated rings. The maximum atomic E-state index is 3.18. The molecule has 0 amide bonds. The lowest BCUT2D eigenvalue weighted by Gasteiger charge is -2.22. The summed E-state index contributed by atoms with van der Waals surface area (Å²) in [6.07, 6.45) is 1.21. The molecule has 1 N–H and O–H groups in total. The van der Waals surface area contributed by atoms with E-state index in [0.29, 0.717) is 6.04 Å². The van der Waals surface area contributed by atoms with Crippen LogP contribution in [0.2, 0.25) is 0 Å². The summed E-state index contributed by atoms with van der Waals surface area (Å²) < 4.78 is 0. The highest BCUT2D eigenvalue weighted by Gasteiger charge is 2.08. The van der Waals surface area contributed by atoms with E-state index in [1.807, 2.05) is 18.4 Å². The van der Waals surface area contributed by atoms with Crippen LogP contribution >= 0.6 is 11.3 Å². The van der Waals surface area contributed by atoms with Crippen molar-refractivity contribution < 1.29 is 0 Å². The van der Waals surface area contributed by atoms with Crippen LogP contribution in [0.3, 0.4) is 0 Å². The molecule has 0 bridgehead atoms. The maximum Gasteiger partial charge on any atom is 0.0327 e. The van der Waals surface area contributed by atoms with Crippen molar-refractivity contribution in [3.63, 3.8) is 0 Å². The van der Waals surface area contributed by atoms with E-state index in [1.165, 1.54) is 16.2 Å². The van der Waals surface area contributed by atoms with Crippen molar-refractivity contribution in [3.05, 3.63) is 21.9 Å². The molecule has 0 aliphatic carbocycles. The summed E-state index contributed by atoms with van der Waals surface area (Å²) in [7, 11) is 4.19. The van der Waals surface area contributed by atoms with Crippen LogP contribution in [0.1, 0.15) is 30.0 Å². The predicted molar refractivity (Wildman–Crippen MR) is 68.3 cm³/mol. The fourth-order valence-corrected chi connectivity index (χ4v) is 2.58. The second-order valence-corrected chi connectivity index (χ2v) is 5.32. The third-order valence-electron chi connectivity index (χ3n) is 2.82. The standard InChI is InChI=1S/C12H22N2S/c1-5-10(2)14(4)9-12-7-6-11(15-12)8-13-3/h6-7,10,13H,5,8-9H2,1-4H3. The van der Waals surface area contributed by atoms with Gasteiger partial charge in [-0.25, -0.2) is 0 Å². The fourth-order valence-electron chi connectivity index (χ4n) is 1.49.